The monoisotopic (exact) mass is 863 g/mol. The number of aliphatic hydroxyl groups is 1. The number of ether oxygens (including phenoxy) is 2. The van der Waals surface area contributed by atoms with Gasteiger partial charge in [-0.25, -0.2) is 9.59 Å². The molecule has 5 N–H and O–H groups in total. The fourth-order valence-corrected chi connectivity index (χ4v) is 13.3. The van der Waals surface area contributed by atoms with Crippen molar-refractivity contribution in [2.24, 2.45) is 5.92 Å². The Kier molecular flexibility index (Phi) is 18.2. The lowest BCUT2D eigenvalue weighted by Crippen LogP contribution is -2.55. The maximum Gasteiger partial charge on any atom is 0.411 e. The Morgan fingerprint density at radius 2 is 1.56 bits per heavy atom. The number of hydrogen-bond acceptors (Lipinski definition) is 9. The molecule has 2 aromatic carbocycles. The van der Waals surface area contributed by atoms with Crippen molar-refractivity contribution >= 4 is 49.6 Å². The molecule has 1 aliphatic heterocycles. The molecule has 0 radical (unpaired) electrons. The number of carbonyl (C=O) groups is 5. The number of benzene rings is 2. The number of carbonyl (C=O) groups excluding carboxylic acids is 4. The van der Waals surface area contributed by atoms with Crippen LogP contribution in [0.1, 0.15) is 91.6 Å². The molecule has 3 rings (SSSR count). The molecule has 15 nitrogen and oxygen atoms in total. The van der Waals surface area contributed by atoms with E-state index in [9.17, 15) is 34.2 Å². The Morgan fingerprint density at radius 1 is 0.934 bits per heavy atom. The Hall–Kier alpha value is -5.61. The molecule has 0 fully saturated rings. The minimum absolute atomic E-state index is 0.0560. The van der Waals surface area contributed by atoms with Crippen LogP contribution in [0.5, 0.6) is 11.5 Å². The highest BCUT2D eigenvalue weighted by Gasteiger charge is 2.47. The van der Waals surface area contributed by atoms with Gasteiger partial charge in [0, 0.05) is 24.5 Å². The van der Waals surface area contributed by atoms with E-state index in [2.05, 4.69) is 64.1 Å². The van der Waals surface area contributed by atoms with Gasteiger partial charge in [0.25, 0.3) is 14.2 Å². The van der Waals surface area contributed by atoms with Crippen molar-refractivity contribution in [1.29, 1.82) is 0 Å². The van der Waals surface area contributed by atoms with Crippen LogP contribution >= 0.6 is 0 Å². The third kappa shape index (κ3) is 12.2. The molecule has 0 aromatic heterocycles. The van der Waals surface area contributed by atoms with Crippen LogP contribution in [0.4, 0.5) is 21.0 Å². The number of hydrogen-bond donors (Lipinski definition) is 5. The molecule has 1 heterocycles. The maximum absolute atomic E-state index is 14.3. The van der Waals surface area contributed by atoms with Crippen molar-refractivity contribution in [3.63, 3.8) is 0 Å². The quantitative estimate of drug-likeness (QED) is 0.0638. The number of rotatable bonds is 20. The molecule has 3 unspecified atom stereocenters. The van der Waals surface area contributed by atoms with E-state index in [1.165, 1.54) is 25.0 Å². The molecule has 61 heavy (non-hydrogen) atoms. The number of methoxy groups -OCH3 is 1. The standard InChI is InChI=1S/C45H65N5O10Si/c1-13-15-33-21-35(25-51)50(24-33)43(54)36-22-38(58-12)39(60-61(28(5)6,29(7)8)30(9)10)23-37(36)48-44(55)59-26-32-16-18-34(19-17-32)47-41(52)31(11)46-42(53)40(27(3)4)49(20-14-2)45(56)57/h13-19,22-24,27-31,35,40,51H,2,20-21,25-26H2,1,3-12H3,(H,46,53)(H,47,52)(H,48,55)(H,56,57). The summed E-state index contributed by atoms with van der Waals surface area (Å²) in [5.74, 6) is -1.25. The summed E-state index contributed by atoms with van der Waals surface area (Å²) in [5, 5.41) is 27.9. The molecule has 2 aromatic rings. The fourth-order valence-electron chi connectivity index (χ4n) is 8.02. The summed E-state index contributed by atoms with van der Waals surface area (Å²) in [5.41, 5.74) is 2.78. The SMILES string of the molecule is C=CCN(C(=O)O)C(C(=O)NC(C)C(=O)Nc1ccc(COC(=O)Nc2cc(O[Si](C(C)C)(C(C)C)C(C)C)c(OC)cc2C(=O)N2C=C(C=CC)CC2CO)cc1)C(C)C. The molecule has 1 aliphatic rings. The van der Waals surface area contributed by atoms with Gasteiger partial charge in [-0.05, 0) is 72.1 Å². The van der Waals surface area contributed by atoms with Gasteiger partial charge in [-0.15, -0.1) is 6.58 Å². The van der Waals surface area contributed by atoms with E-state index in [0.717, 1.165) is 10.5 Å². The second kappa shape index (κ2) is 22.3. The lowest BCUT2D eigenvalue weighted by Gasteiger charge is -2.42. The molecule has 5 amide bonds. The van der Waals surface area contributed by atoms with Crippen molar-refractivity contribution in [2.45, 2.75) is 117 Å². The molecule has 3 atom stereocenters. The number of aliphatic hydroxyl groups excluding tert-OH is 1. The van der Waals surface area contributed by atoms with E-state index in [1.54, 1.807) is 56.4 Å². The predicted octanol–water partition coefficient (Wildman–Crippen LogP) is 8.30. The minimum atomic E-state index is -2.53. The lowest BCUT2D eigenvalue weighted by atomic mass is 10.0. The van der Waals surface area contributed by atoms with Gasteiger partial charge in [-0.3, -0.25) is 24.6 Å². The first kappa shape index (κ1) is 49.7. The first-order chi connectivity index (χ1) is 28.7. The second-order valence-electron chi connectivity index (χ2n) is 16.5. The molecular weight excluding hydrogens is 799 g/mol. The molecule has 0 aliphatic carbocycles. The maximum atomic E-state index is 14.3. The van der Waals surface area contributed by atoms with Gasteiger partial charge in [0.1, 0.15) is 24.4 Å². The van der Waals surface area contributed by atoms with Crippen LogP contribution in [-0.2, 0) is 20.9 Å². The average Bonchev–Trinajstić information content (AvgIpc) is 3.61. The molecular formula is C45H65N5O10Si. The predicted molar refractivity (Wildman–Crippen MR) is 239 cm³/mol. The minimum Gasteiger partial charge on any atom is -0.540 e. The van der Waals surface area contributed by atoms with Crippen molar-refractivity contribution in [1.82, 2.24) is 15.1 Å². The third-order valence-electron chi connectivity index (χ3n) is 10.9. The highest BCUT2D eigenvalue weighted by molar-refractivity contribution is 6.78. The largest absolute Gasteiger partial charge is 0.540 e. The normalized spacial score (nSPS) is 15.1. The molecule has 334 valence electrons. The third-order valence-corrected chi connectivity index (χ3v) is 16.9. The van der Waals surface area contributed by atoms with Crippen LogP contribution in [0.3, 0.4) is 0 Å². The van der Waals surface area contributed by atoms with Crippen molar-refractivity contribution < 1.29 is 48.1 Å². The van der Waals surface area contributed by atoms with E-state index in [4.69, 9.17) is 13.9 Å². The smallest absolute Gasteiger partial charge is 0.411 e. The van der Waals surface area contributed by atoms with E-state index < -0.39 is 56.4 Å². The van der Waals surface area contributed by atoms with Gasteiger partial charge in [-0.1, -0.05) is 85.8 Å². The van der Waals surface area contributed by atoms with E-state index >= 15 is 0 Å². The summed E-state index contributed by atoms with van der Waals surface area (Å²) in [4.78, 5) is 68.1. The first-order valence-corrected chi connectivity index (χ1v) is 22.8. The van der Waals surface area contributed by atoms with Crippen LogP contribution < -0.4 is 25.1 Å². The summed E-state index contributed by atoms with van der Waals surface area (Å²) < 4.78 is 18.4. The molecule has 0 bridgehead atoms. The number of nitrogens with one attached hydrogen (secondary N) is 3. The van der Waals surface area contributed by atoms with Gasteiger partial charge >= 0.3 is 12.2 Å². The van der Waals surface area contributed by atoms with E-state index in [0.29, 0.717) is 29.2 Å². The summed E-state index contributed by atoms with van der Waals surface area (Å²) in [6.07, 6.45) is 5.17. The van der Waals surface area contributed by atoms with Gasteiger partial charge in [0.15, 0.2) is 5.75 Å². The van der Waals surface area contributed by atoms with Gasteiger partial charge in [-0.2, -0.15) is 0 Å². The summed E-state index contributed by atoms with van der Waals surface area (Å²) in [7, 11) is -1.03. The summed E-state index contributed by atoms with van der Waals surface area (Å²) >= 11 is 0. The van der Waals surface area contributed by atoms with Crippen molar-refractivity contribution in [3.05, 3.63) is 84.1 Å². The highest BCUT2D eigenvalue weighted by atomic mass is 28.4. The van der Waals surface area contributed by atoms with Crippen LogP contribution in [0.15, 0.2) is 73.0 Å². The first-order valence-electron chi connectivity index (χ1n) is 20.7. The number of amides is 5. The molecule has 16 heteroatoms. The van der Waals surface area contributed by atoms with E-state index in [-0.39, 0.29) is 53.6 Å². The Balaban J connectivity index is 1.84. The number of nitrogens with zero attached hydrogens (tertiary/aromatic N) is 2. The van der Waals surface area contributed by atoms with E-state index in [1.807, 2.05) is 19.1 Å². The zero-order valence-corrected chi connectivity index (χ0v) is 38.4. The second-order valence-corrected chi connectivity index (χ2v) is 21.8. The average molecular weight is 864 g/mol. The van der Waals surface area contributed by atoms with Gasteiger partial charge < -0.3 is 39.6 Å². The molecule has 0 spiro atoms. The topological polar surface area (TPSA) is 196 Å². The van der Waals surface area contributed by atoms with Crippen molar-refractivity contribution in [2.75, 3.05) is 30.9 Å². The molecule has 0 saturated carbocycles. The van der Waals surface area contributed by atoms with Crippen molar-refractivity contribution in [3.8, 4) is 11.5 Å². The van der Waals surface area contributed by atoms with Crippen LogP contribution in [-0.4, -0.2) is 96.6 Å². The number of carboxylic acid groups (broad SMARTS) is 1. The Labute approximate surface area is 361 Å². The zero-order valence-electron chi connectivity index (χ0n) is 37.4. The summed E-state index contributed by atoms with van der Waals surface area (Å²) in [6.45, 7) is 22.8. The molecule has 0 saturated heterocycles. The lowest BCUT2D eigenvalue weighted by molar-refractivity contribution is -0.130. The fraction of sp³-hybridized carbons (Fsp3) is 0.489. The number of allylic oxidation sites excluding steroid dienone is 2. The van der Waals surface area contributed by atoms with Crippen LogP contribution in [0, 0.1) is 5.92 Å². The van der Waals surface area contributed by atoms with Gasteiger partial charge in [0.05, 0.1) is 31.0 Å². The Morgan fingerprint density at radius 3 is 2.07 bits per heavy atom. The zero-order chi connectivity index (χ0) is 45.8. The number of anilines is 2. The Bertz CT molecular complexity index is 1920. The van der Waals surface area contributed by atoms with Crippen LogP contribution in [0.2, 0.25) is 16.6 Å². The summed E-state index contributed by atoms with van der Waals surface area (Å²) in [6, 6.07) is 7.15. The highest BCUT2D eigenvalue weighted by Crippen LogP contribution is 2.46. The van der Waals surface area contributed by atoms with Crippen LogP contribution in [0.25, 0.3) is 0 Å². The van der Waals surface area contributed by atoms with Gasteiger partial charge in [0.2, 0.25) is 11.8 Å².